The van der Waals surface area contributed by atoms with Crippen LogP contribution in [0.1, 0.15) is 47.5 Å². The van der Waals surface area contributed by atoms with Gasteiger partial charge in [-0.3, -0.25) is 4.79 Å². The Bertz CT molecular complexity index is 345. The molecule has 2 N–H and O–H groups in total. The molecule has 0 amide bonds. The number of ketones is 1. The molecule has 0 aromatic rings. The maximum absolute atomic E-state index is 12.0. The Kier molecular flexibility index (Phi) is 4.31. The number of rotatable bonds is 3. The van der Waals surface area contributed by atoms with Crippen molar-refractivity contribution in [3.05, 3.63) is 12.2 Å². The summed E-state index contributed by atoms with van der Waals surface area (Å²) in [4.78, 5) is 12.0. The Morgan fingerprint density at radius 3 is 2.06 bits per heavy atom. The third kappa shape index (κ3) is 2.95. The Hall–Kier alpha value is -0.380. The van der Waals surface area contributed by atoms with Crippen molar-refractivity contribution in [1.29, 1.82) is 0 Å². The highest BCUT2D eigenvalue weighted by molar-refractivity contribution is 6.14. The van der Waals surface area contributed by atoms with Crippen LogP contribution in [0.15, 0.2) is 12.2 Å². The lowest BCUT2D eigenvalue weighted by molar-refractivity contribution is -0.119. The van der Waals surface area contributed by atoms with E-state index in [1.54, 1.807) is 6.92 Å². The molecule has 1 atom stereocenters. The summed E-state index contributed by atoms with van der Waals surface area (Å²) in [5.74, 6) is 0.115. The van der Waals surface area contributed by atoms with Crippen molar-refractivity contribution in [2.45, 2.75) is 64.6 Å². The summed E-state index contributed by atoms with van der Waals surface area (Å²) in [6.07, 6.45) is 1.64. The molecule has 1 aliphatic rings. The summed E-state index contributed by atoms with van der Waals surface area (Å²) >= 11 is 6.40. The third-order valence-corrected chi connectivity index (χ3v) is 4.73. The van der Waals surface area contributed by atoms with E-state index < -0.39 is 6.04 Å². The Labute approximate surface area is 115 Å². The number of nitrogens with two attached hydrogens (primary N) is 1. The second-order valence-electron chi connectivity index (χ2n) is 6.74. The fourth-order valence-corrected chi connectivity index (χ4v) is 3.23. The van der Waals surface area contributed by atoms with Crippen molar-refractivity contribution in [3.8, 4) is 0 Å². The standard InChI is InChI=1S/C14H25ClN2O/c1-9(2)12(18)11(16)10-7-13(3,4)17(15)14(5,6)8-10/h10-11H,1,7-8,16H2,2-6H3. The highest BCUT2D eigenvalue weighted by Crippen LogP contribution is 2.43. The van der Waals surface area contributed by atoms with Crippen LogP contribution in [0.2, 0.25) is 0 Å². The number of Topliss-reactive ketones (excluding diaryl/α,β-unsaturated/α-hetero) is 1. The molecule has 1 heterocycles. The van der Waals surface area contributed by atoms with E-state index in [2.05, 4.69) is 34.3 Å². The number of nitrogens with zero attached hydrogens (tertiary/aromatic N) is 1. The van der Waals surface area contributed by atoms with Gasteiger partial charge in [-0.15, -0.1) is 0 Å². The molecule has 1 rings (SSSR count). The lowest BCUT2D eigenvalue weighted by atomic mass is 9.72. The summed E-state index contributed by atoms with van der Waals surface area (Å²) in [7, 11) is 0. The van der Waals surface area contributed by atoms with E-state index in [4.69, 9.17) is 17.5 Å². The molecule has 104 valence electrons. The molecule has 0 spiro atoms. The maximum Gasteiger partial charge on any atom is 0.174 e. The first-order valence-electron chi connectivity index (χ1n) is 6.40. The van der Waals surface area contributed by atoms with E-state index in [1.165, 1.54) is 0 Å². The van der Waals surface area contributed by atoms with Gasteiger partial charge in [-0.05, 0) is 70.7 Å². The SMILES string of the molecule is C=C(C)C(=O)C(N)C1CC(C)(C)N(Cl)C(C)(C)C1. The van der Waals surface area contributed by atoms with Gasteiger partial charge in [-0.25, -0.2) is 4.42 Å². The maximum atomic E-state index is 12.0. The molecular weight excluding hydrogens is 248 g/mol. The molecule has 1 aliphatic heterocycles. The van der Waals surface area contributed by atoms with E-state index in [9.17, 15) is 4.79 Å². The predicted octanol–water partition coefficient (Wildman–Crippen LogP) is 2.88. The van der Waals surface area contributed by atoms with Gasteiger partial charge >= 0.3 is 0 Å². The van der Waals surface area contributed by atoms with E-state index in [1.807, 2.05) is 4.42 Å². The molecule has 4 heteroatoms. The largest absolute Gasteiger partial charge is 0.321 e. The third-order valence-electron chi connectivity index (χ3n) is 3.82. The van der Waals surface area contributed by atoms with Gasteiger partial charge in [0.05, 0.1) is 6.04 Å². The van der Waals surface area contributed by atoms with Gasteiger partial charge in [-0.2, -0.15) is 0 Å². The number of hydrogen-bond donors (Lipinski definition) is 1. The van der Waals surface area contributed by atoms with E-state index in [-0.39, 0.29) is 22.8 Å². The van der Waals surface area contributed by atoms with Crippen molar-refractivity contribution < 1.29 is 4.79 Å². The first-order chi connectivity index (χ1) is 7.99. The fourth-order valence-electron chi connectivity index (χ4n) is 3.09. The van der Waals surface area contributed by atoms with Crippen LogP contribution in [-0.2, 0) is 4.79 Å². The van der Waals surface area contributed by atoms with Crippen LogP contribution >= 0.6 is 11.8 Å². The predicted molar refractivity (Wildman–Crippen MR) is 76.4 cm³/mol. The second kappa shape index (κ2) is 4.95. The first-order valence-corrected chi connectivity index (χ1v) is 6.74. The number of halogens is 1. The van der Waals surface area contributed by atoms with Crippen molar-refractivity contribution in [3.63, 3.8) is 0 Å². The molecule has 0 aromatic heterocycles. The fraction of sp³-hybridized carbons (Fsp3) is 0.786. The zero-order valence-corrected chi connectivity index (χ0v) is 12.8. The van der Waals surface area contributed by atoms with E-state index in [0.717, 1.165) is 12.8 Å². The summed E-state index contributed by atoms with van der Waals surface area (Å²) in [6, 6.07) is -0.466. The van der Waals surface area contributed by atoms with Gasteiger partial charge in [0, 0.05) is 11.1 Å². The summed E-state index contributed by atoms with van der Waals surface area (Å²) in [5, 5.41) is 0. The number of carbonyl (C=O) groups excluding carboxylic acids is 1. The lowest BCUT2D eigenvalue weighted by Gasteiger charge is -2.52. The number of hydrogen-bond acceptors (Lipinski definition) is 3. The molecule has 0 aliphatic carbocycles. The smallest absolute Gasteiger partial charge is 0.174 e. The molecule has 0 saturated carbocycles. The van der Waals surface area contributed by atoms with Gasteiger partial charge in [0.2, 0.25) is 0 Å². The van der Waals surface area contributed by atoms with Crippen LogP contribution in [0.4, 0.5) is 0 Å². The minimum absolute atomic E-state index is 0.0328. The lowest BCUT2D eigenvalue weighted by Crippen LogP contribution is -2.59. The summed E-state index contributed by atoms with van der Waals surface area (Å²) < 4.78 is 1.87. The second-order valence-corrected chi connectivity index (χ2v) is 7.08. The van der Waals surface area contributed by atoms with Crippen LogP contribution in [-0.4, -0.2) is 27.3 Å². The molecule has 0 aromatic carbocycles. The van der Waals surface area contributed by atoms with Crippen LogP contribution in [0.5, 0.6) is 0 Å². The van der Waals surface area contributed by atoms with Gasteiger partial charge in [0.15, 0.2) is 5.78 Å². The topological polar surface area (TPSA) is 46.3 Å². The molecule has 18 heavy (non-hydrogen) atoms. The summed E-state index contributed by atoms with van der Waals surface area (Å²) in [5.41, 5.74) is 6.31. The highest BCUT2D eigenvalue weighted by Gasteiger charge is 2.47. The van der Waals surface area contributed by atoms with Crippen molar-refractivity contribution in [1.82, 2.24) is 4.42 Å². The summed E-state index contributed by atoms with van der Waals surface area (Å²) in [6.45, 7) is 13.8. The number of carbonyl (C=O) groups is 1. The van der Waals surface area contributed by atoms with Crippen molar-refractivity contribution >= 4 is 17.6 Å². The molecular formula is C14H25ClN2O. The van der Waals surface area contributed by atoms with Gasteiger partial charge in [0.25, 0.3) is 0 Å². The van der Waals surface area contributed by atoms with Crippen LogP contribution < -0.4 is 5.73 Å². The highest BCUT2D eigenvalue weighted by atomic mass is 35.5. The van der Waals surface area contributed by atoms with E-state index in [0.29, 0.717) is 5.57 Å². The zero-order valence-electron chi connectivity index (χ0n) is 12.1. The molecule has 0 bridgehead atoms. The first kappa shape index (κ1) is 15.7. The zero-order chi connectivity index (χ0) is 14.3. The van der Waals surface area contributed by atoms with Crippen molar-refractivity contribution in [2.24, 2.45) is 11.7 Å². The Morgan fingerprint density at radius 2 is 1.72 bits per heavy atom. The Morgan fingerprint density at radius 1 is 1.33 bits per heavy atom. The minimum atomic E-state index is -0.466. The number of piperidine rings is 1. The van der Waals surface area contributed by atoms with Crippen LogP contribution in [0, 0.1) is 5.92 Å². The van der Waals surface area contributed by atoms with E-state index >= 15 is 0 Å². The minimum Gasteiger partial charge on any atom is -0.321 e. The van der Waals surface area contributed by atoms with Gasteiger partial charge in [-0.1, -0.05) is 6.58 Å². The van der Waals surface area contributed by atoms with Gasteiger partial charge < -0.3 is 5.73 Å². The molecule has 1 saturated heterocycles. The van der Waals surface area contributed by atoms with Gasteiger partial charge in [0.1, 0.15) is 0 Å². The monoisotopic (exact) mass is 272 g/mol. The molecule has 0 radical (unpaired) electrons. The van der Waals surface area contributed by atoms with Crippen molar-refractivity contribution in [2.75, 3.05) is 0 Å². The normalized spacial score (nSPS) is 25.7. The Balaban J connectivity index is 2.93. The quantitative estimate of drug-likeness (QED) is 0.635. The average Bonchev–Trinajstić information content (AvgIpc) is 2.22. The average molecular weight is 273 g/mol. The molecule has 1 unspecified atom stereocenters. The molecule has 1 fully saturated rings. The van der Waals surface area contributed by atoms with Crippen LogP contribution in [0.3, 0.4) is 0 Å². The van der Waals surface area contributed by atoms with Crippen LogP contribution in [0.25, 0.3) is 0 Å². The molecule has 3 nitrogen and oxygen atoms in total.